The largest absolute Gasteiger partial charge is 0.494 e. The maximum atomic E-state index is 6.17. The van der Waals surface area contributed by atoms with Gasteiger partial charge >= 0.3 is 0 Å². The van der Waals surface area contributed by atoms with Gasteiger partial charge in [-0.1, -0.05) is 0 Å². The van der Waals surface area contributed by atoms with Crippen molar-refractivity contribution in [3.05, 3.63) is 35.5 Å². The molecule has 0 saturated carbocycles. The van der Waals surface area contributed by atoms with Crippen molar-refractivity contribution in [1.82, 2.24) is 9.88 Å². The number of benzene rings is 1. The lowest BCUT2D eigenvalue weighted by Crippen LogP contribution is -2.34. The standard InChI is InChI=1S/C23H35N5O3/c1-5-29-19-7-8-21(30-6-2)20(13-19)27-23(24)25-14-18-9-11-28(12-10-18)15-22-26-16(3)17(4)31-22/h7-8,13,18H,5-6,9-12,14-15H2,1-4H3,(H3,24,25,27). The minimum absolute atomic E-state index is 0.391. The first-order valence-corrected chi connectivity index (χ1v) is 11.1. The second-order valence-electron chi connectivity index (χ2n) is 7.84. The Kier molecular flexibility index (Phi) is 8.17. The number of nitrogens with zero attached hydrogens (tertiary/aromatic N) is 3. The van der Waals surface area contributed by atoms with Crippen molar-refractivity contribution in [2.45, 2.75) is 47.1 Å². The van der Waals surface area contributed by atoms with E-state index in [1.807, 2.05) is 45.9 Å². The monoisotopic (exact) mass is 429 g/mol. The lowest BCUT2D eigenvalue weighted by Gasteiger charge is -2.30. The summed E-state index contributed by atoms with van der Waals surface area (Å²) in [7, 11) is 0. The Morgan fingerprint density at radius 1 is 1.23 bits per heavy atom. The van der Waals surface area contributed by atoms with Crippen LogP contribution in [0.15, 0.2) is 27.6 Å². The number of hydrogen-bond acceptors (Lipinski definition) is 6. The number of rotatable bonds is 9. The van der Waals surface area contributed by atoms with Crippen molar-refractivity contribution in [1.29, 1.82) is 0 Å². The molecule has 2 aromatic rings. The number of aromatic nitrogens is 1. The average molecular weight is 430 g/mol. The van der Waals surface area contributed by atoms with Gasteiger partial charge in [0.15, 0.2) is 5.96 Å². The molecule has 1 fully saturated rings. The molecular weight excluding hydrogens is 394 g/mol. The number of ether oxygens (including phenoxy) is 2. The molecule has 1 saturated heterocycles. The van der Waals surface area contributed by atoms with Crippen molar-refractivity contribution in [3.8, 4) is 11.5 Å². The molecule has 0 amide bonds. The Hall–Kier alpha value is -2.74. The van der Waals surface area contributed by atoms with E-state index in [1.165, 1.54) is 0 Å². The molecule has 0 atom stereocenters. The van der Waals surface area contributed by atoms with Crippen LogP contribution in [0.4, 0.5) is 5.69 Å². The second kappa shape index (κ2) is 11.0. The summed E-state index contributed by atoms with van der Waals surface area (Å²) in [5, 5.41) is 3.17. The molecule has 31 heavy (non-hydrogen) atoms. The fraction of sp³-hybridized carbons (Fsp3) is 0.565. The Bertz CT molecular complexity index is 853. The molecule has 8 heteroatoms. The molecule has 3 rings (SSSR count). The maximum Gasteiger partial charge on any atom is 0.208 e. The molecule has 1 aromatic heterocycles. The van der Waals surface area contributed by atoms with Gasteiger partial charge in [-0.05, 0) is 71.7 Å². The average Bonchev–Trinajstić information content (AvgIpc) is 3.06. The molecule has 1 aliphatic heterocycles. The van der Waals surface area contributed by atoms with E-state index in [9.17, 15) is 0 Å². The van der Waals surface area contributed by atoms with Gasteiger partial charge in [-0.15, -0.1) is 0 Å². The Morgan fingerprint density at radius 3 is 2.61 bits per heavy atom. The Balaban J connectivity index is 1.50. The maximum absolute atomic E-state index is 6.17. The fourth-order valence-electron chi connectivity index (χ4n) is 3.67. The summed E-state index contributed by atoms with van der Waals surface area (Å²) >= 11 is 0. The number of likely N-dealkylation sites (tertiary alicyclic amines) is 1. The number of guanidine groups is 1. The molecular formula is C23H35N5O3. The smallest absolute Gasteiger partial charge is 0.208 e. The molecule has 0 aliphatic carbocycles. The predicted octanol–water partition coefficient (Wildman–Crippen LogP) is 3.73. The molecule has 0 radical (unpaired) electrons. The molecule has 1 aliphatic rings. The van der Waals surface area contributed by atoms with E-state index in [0.29, 0.717) is 31.6 Å². The van der Waals surface area contributed by atoms with E-state index in [2.05, 4.69) is 20.2 Å². The lowest BCUT2D eigenvalue weighted by atomic mass is 9.97. The molecule has 3 N–H and O–H groups in total. The van der Waals surface area contributed by atoms with Crippen molar-refractivity contribution < 1.29 is 13.9 Å². The summed E-state index contributed by atoms with van der Waals surface area (Å²) in [6.07, 6.45) is 2.17. The first-order valence-electron chi connectivity index (χ1n) is 11.1. The lowest BCUT2D eigenvalue weighted by molar-refractivity contribution is 0.166. The number of nitrogens with one attached hydrogen (secondary N) is 1. The number of aryl methyl sites for hydroxylation is 2. The van der Waals surface area contributed by atoms with Crippen molar-refractivity contribution in [2.75, 3.05) is 38.2 Å². The predicted molar refractivity (Wildman–Crippen MR) is 123 cm³/mol. The summed E-state index contributed by atoms with van der Waals surface area (Å²) in [4.78, 5) is 11.5. The molecule has 0 spiro atoms. The number of aliphatic imine (C=N–C) groups is 1. The van der Waals surface area contributed by atoms with Gasteiger partial charge in [-0.3, -0.25) is 9.89 Å². The van der Waals surface area contributed by atoms with Crippen LogP contribution in [0, 0.1) is 19.8 Å². The highest BCUT2D eigenvalue weighted by atomic mass is 16.5. The molecule has 1 aromatic carbocycles. The van der Waals surface area contributed by atoms with Crippen molar-refractivity contribution >= 4 is 11.6 Å². The second-order valence-corrected chi connectivity index (χ2v) is 7.84. The number of oxazole rings is 1. The summed E-state index contributed by atoms with van der Waals surface area (Å²) < 4.78 is 17.0. The van der Waals surface area contributed by atoms with Gasteiger partial charge in [0, 0.05) is 12.6 Å². The zero-order chi connectivity index (χ0) is 22.2. The van der Waals surface area contributed by atoms with Crippen LogP contribution in [-0.2, 0) is 6.54 Å². The normalized spacial score (nSPS) is 15.8. The third-order valence-corrected chi connectivity index (χ3v) is 5.48. The minimum atomic E-state index is 0.391. The van der Waals surface area contributed by atoms with E-state index >= 15 is 0 Å². The first-order chi connectivity index (χ1) is 15.0. The highest BCUT2D eigenvalue weighted by molar-refractivity contribution is 5.94. The van der Waals surface area contributed by atoms with Gasteiger partial charge in [0.1, 0.15) is 17.3 Å². The van der Waals surface area contributed by atoms with E-state index in [0.717, 1.165) is 67.0 Å². The van der Waals surface area contributed by atoms with Crippen LogP contribution in [0.2, 0.25) is 0 Å². The Labute approximate surface area is 184 Å². The van der Waals surface area contributed by atoms with E-state index in [-0.39, 0.29) is 0 Å². The van der Waals surface area contributed by atoms with Crippen LogP contribution in [0.1, 0.15) is 44.0 Å². The topological polar surface area (TPSA) is 98.1 Å². The Morgan fingerprint density at radius 2 is 1.97 bits per heavy atom. The van der Waals surface area contributed by atoms with E-state index in [1.54, 1.807) is 0 Å². The summed E-state index contributed by atoms with van der Waals surface area (Å²) in [6.45, 7) is 12.5. The van der Waals surface area contributed by atoms with Crippen LogP contribution in [0.3, 0.4) is 0 Å². The quantitative estimate of drug-likeness (QED) is 0.463. The number of hydrogen-bond donors (Lipinski definition) is 2. The van der Waals surface area contributed by atoms with E-state index < -0.39 is 0 Å². The minimum Gasteiger partial charge on any atom is -0.494 e. The number of anilines is 1. The summed E-state index contributed by atoms with van der Waals surface area (Å²) in [5.74, 6) is 4.12. The zero-order valence-electron chi connectivity index (χ0n) is 19.1. The third-order valence-electron chi connectivity index (χ3n) is 5.48. The SMILES string of the molecule is CCOc1ccc(OCC)c(NC(N)=NCC2CCN(Cc3nc(C)c(C)o3)CC2)c1. The van der Waals surface area contributed by atoms with Crippen LogP contribution in [-0.4, -0.2) is 48.7 Å². The number of nitrogens with two attached hydrogens (primary N) is 1. The van der Waals surface area contributed by atoms with Gasteiger partial charge < -0.3 is 24.9 Å². The third kappa shape index (κ3) is 6.62. The number of piperidine rings is 1. The summed E-state index contributed by atoms with van der Waals surface area (Å²) in [5.41, 5.74) is 7.91. The van der Waals surface area contributed by atoms with Crippen LogP contribution < -0.4 is 20.5 Å². The highest BCUT2D eigenvalue weighted by Gasteiger charge is 2.21. The van der Waals surface area contributed by atoms with Gasteiger partial charge in [-0.25, -0.2) is 4.98 Å². The fourth-order valence-corrected chi connectivity index (χ4v) is 3.67. The molecule has 2 heterocycles. The van der Waals surface area contributed by atoms with Crippen LogP contribution in [0.5, 0.6) is 11.5 Å². The molecule has 0 bridgehead atoms. The first kappa shape index (κ1) is 22.9. The summed E-state index contributed by atoms with van der Waals surface area (Å²) in [6, 6.07) is 5.67. The van der Waals surface area contributed by atoms with E-state index in [4.69, 9.17) is 19.6 Å². The van der Waals surface area contributed by atoms with Crippen LogP contribution in [0.25, 0.3) is 0 Å². The van der Waals surface area contributed by atoms with Gasteiger partial charge in [0.05, 0.1) is 31.1 Å². The highest BCUT2D eigenvalue weighted by Crippen LogP contribution is 2.29. The van der Waals surface area contributed by atoms with Crippen LogP contribution >= 0.6 is 0 Å². The van der Waals surface area contributed by atoms with Gasteiger partial charge in [0.25, 0.3) is 0 Å². The molecule has 170 valence electrons. The van der Waals surface area contributed by atoms with Crippen molar-refractivity contribution in [2.24, 2.45) is 16.6 Å². The van der Waals surface area contributed by atoms with Crippen molar-refractivity contribution in [3.63, 3.8) is 0 Å². The molecule has 8 nitrogen and oxygen atoms in total. The van der Waals surface area contributed by atoms with Gasteiger partial charge in [0.2, 0.25) is 5.89 Å². The molecule has 0 unspecified atom stereocenters. The zero-order valence-corrected chi connectivity index (χ0v) is 19.1. The van der Waals surface area contributed by atoms with Gasteiger partial charge in [-0.2, -0.15) is 0 Å².